The van der Waals surface area contributed by atoms with E-state index in [0.717, 1.165) is 18.8 Å². The average Bonchev–Trinajstić information content (AvgIpc) is 2.47. The van der Waals surface area contributed by atoms with Crippen molar-refractivity contribution in [2.24, 2.45) is 5.92 Å². The molecule has 1 aliphatic rings. The van der Waals surface area contributed by atoms with E-state index in [9.17, 15) is 4.79 Å². The molecule has 20 heavy (non-hydrogen) atoms. The number of para-hydroxylation sites is 1. The monoisotopic (exact) mass is 276 g/mol. The third-order valence-electron chi connectivity index (χ3n) is 4.23. The summed E-state index contributed by atoms with van der Waals surface area (Å²) in [7, 11) is 1.56. The first-order chi connectivity index (χ1) is 9.65. The van der Waals surface area contributed by atoms with Crippen LogP contribution in [0.4, 0.5) is 5.69 Å². The minimum absolute atomic E-state index is 0.0943. The topological polar surface area (TPSA) is 64.3 Å². The van der Waals surface area contributed by atoms with Gasteiger partial charge in [0.25, 0.3) is 5.91 Å². The number of anilines is 1. The van der Waals surface area contributed by atoms with Crippen LogP contribution in [0.15, 0.2) is 18.2 Å². The standard InChI is InChI=1S/C16H24N2O2/c1-3-11-6-4-7-12(10-11)18-16(19)13-8-5-9-14(20-2)15(13)17/h5,8-9,11-12H,3-4,6-7,10,17H2,1-2H3,(H,18,19). The zero-order valence-electron chi connectivity index (χ0n) is 12.3. The summed E-state index contributed by atoms with van der Waals surface area (Å²) in [4.78, 5) is 12.4. The van der Waals surface area contributed by atoms with Crippen molar-refractivity contribution in [3.05, 3.63) is 23.8 Å². The van der Waals surface area contributed by atoms with Crippen LogP contribution >= 0.6 is 0 Å². The van der Waals surface area contributed by atoms with Crippen LogP contribution in [-0.2, 0) is 0 Å². The van der Waals surface area contributed by atoms with Gasteiger partial charge >= 0.3 is 0 Å². The maximum Gasteiger partial charge on any atom is 0.253 e. The SMILES string of the molecule is CCC1CCCC(NC(=O)c2cccc(OC)c2N)C1. The first-order valence-corrected chi connectivity index (χ1v) is 7.39. The fourth-order valence-corrected chi connectivity index (χ4v) is 2.98. The van der Waals surface area contributed by atoms with Crippen molar-refractivity contribution in [3.8, 4) is 5.75 Å². The van der Waals surface area contributed by atoms with E-state index in [1.807, 2.05) is 0 Å². The van der Waals surface area contributed by atoms with E-state index in [-0.39, 0.29) is 11.9 Å². The summed E-state index contributed by atoms with van der Waals surface area (Å²) < 4.78 is 5.16. The number of benzene rings is 1. The number of nitrogens with one attached hydrogen (secondary N) is 1. The van der Waals surface area contributed by atoms with Gasteiger partial charge < -0.3 is 15.8 Å². The first kappa shape index (κ1) is 14.7. The Morgan fingerprint density at radius 2 is 2.25 bits per heavy atom. The van der Waals surface area contributed by atoms with Gasteiger partial charge in [0.05, 0.1) is 18.4 Å². The van der Waals surface area contributed by atoms with Crippen molar-refractivity contribution in [2.75, 3.05) is 12.8 Å². The van der Waals surface area contributed by atoms with Crippen LogP contribution < -0.4 is 15.8 Å². The molecule has 3 N–H and O–H groups in total. The predicted octanol–water partition coefficient (Wildman–Crippen LogP) is 2.98. The minimum atomic E-state index is -0.0943. The third kappa shape index (κ3) is 3.24. The Labute approximate surface area is 120 Å². The molecule has 0 radical (unpaired) electrons. The number of ether oxygens (including phenoxy) is 1. The van der Waals surface area contributed by atoms with Crippen molar-refractivity contribution >= 4 is 11.6 Å². The van der Waals surface area contributed by atoms with Gasteiger partial charge in [-0.25, -0.2) is 0 Å². The van der Waals surface area contributed by atoms with Crippen molar-refractivity contribution in [2.45, 2.75) is 45.1 Å². The third-order valence-corrected chi connectivity index (χ3v) is 4.23. The summed E-state index contributed by atoms with van der Waals surface area (Å²) in [6, 6.07) is 5.57. The van der Waals surface area contributed by atoms with E-state index >= 15 is 0 Å². The summed E-state index contributed by atoms with van der Waals surface area (Å²) in [6.07, 6.45) is 5.80. The number of nitrogen functional groups attached to an aromatic ring is 1. The molecule has 1 aromatic carbocycles. The Bertz CT molecular complexity index is 474. The summed E-state index contributed by atoms with van der Waals surface area (Å²) >= 11 is 0. The molecule has 2 atom stereocenters. The maximum absolute atomic E-state index is 12.4. The van der Waals surface area contributed by atoms with Gasteiger partial charge in [-0.15, -0.1) is 0 Å². The molecule has 0 aromatic heterocycles. The van der Waals surface area contributed by atoms with Crippen LogP contribution in [0.5, 0.6) is 5.75 Å². The molecule has 1 aliphatic carbocycles. The molecule has 4 nitrogen and oxygen atoms in total. The summed E-state index contributed by atoms with van der Waals surface area (Å²) in [5.74, 6) is 1.19. The molecule has 0 saturated heterocycles. The van der Waals surface area contributed by atoms with Gasteiger partial charge in [0.2, 0.25) is 0 Å². The van der Waals surface area contributed by atoms with Crippen LogP contribution in [-0.4, -0.2) is 19.1 Å². The van der Waals surface area contributed by atoms with Crippen LogP contribution in [0, 0.1) is 5.92 Å². The van der Waals surface area contributed by atoms with Gasteiger partial charge in [0.15, 0.2) is 0 Å². The van der Waals surface area contributed by atoms with Gasteiger partial charge in [0, 0.05) is 6.04 Å². The lowest BCUT2D eigenvalue weighted by Crippen LogP contribution is -2.38. The molecule has 1 amide bonds. The van der Waals surface area contributed by atoms with Gasteiger partial charge in [-0.3, -0.25) is 4.79 Å². The molecule has 1 fully saturated rings. The van der Waals surface area contributed by atoms with Crippen molar-refractivity contribution in [1.82, 2.24) is 5.32 Å². The number of hydrogen-bond donors (Lipinski definition) is 2. The molecule has 110 valence electrons. The van der Waals surface area contributed by atoms with Gasteiger partial charge in [-0.2, -0.15) is 0 Å². The molecular formula is C16H24N2O2. The van der Waals surface area contributed by atoms with Gasteiger partial charge in [-0.1, -0.05) is 32.3 Å². The Morgan fingerprint density at radius 3 is 2.95 bits per heavy atom. The highest BCUT2D eigenvalue weighted by Gasteiger charge is 2.23. The zero-order valence-corrected chi connectivity index (χ0v) is 12.3. The number of hydrogen-bond acceptors (Lipinski definition) is 3. The van der Waals surface area contributed by atoms with Crippen LogP contribution in [0.1, 0.15) is 49.4 Å². The van der Waals surface area contributed by atoms with E-state index in [4.69, 9.17) is 10.5 Å². The van der Waals surface area contributed by atoms with Crippen LogP contribution in [0.2, 0.25) is 0 Å². The number of rotatable bonds is 4. The summed E-state index contributed by atoms with van der Waals surface area (Å²) in [5.41, 5.74) is 6.88. The predicted molar refractivity (Wildman–Crippen MR) is 80.9 cm³/mol. The number of carbonyl (C=O) groups is 1. The normalized spacial score (nSPS) is 22.3. The second-order valence-electron chi connectivity index (χ2n) is 5.53. The number of amides is 1. The Hall–Kier alpha value is -1.71. The van der Waals surface area contributed by atoms with Crippen molar-refractivity contribution in [3.63, 3.8) is 0 Å². The summed E-state index contributed by atoms with van der Waals surface area (Å²) in [5, 5.41) is 3.12. The Kier molecular flexibility index (Phi) is 4.88. The molecule has 0 heterocycles. The molecule has 1 saturated carbocycles. The lowest BCUT2D eigenvalue weighted by atomic mass is 9.84. The smallest absolute Gasteiger partial charge is 0.253 e. The molecule has 0 spiro atoms. The number of carbonyl (C=O) groups excluding carboxylic acids is 1. The fourth-order valence-electron chi connectivity index (χ4n) is 2.98. The van der Waals surface area contributed by atoms with Gasteiger partial charge in [0.1, 0.15) is 5.75 Å². The van der Waals surface area contributed by atoms with E-state index in [1.54, 1.807) is 25.3 Å². The summed E-state index contributed by atoms with van der Waals surface area (Å²) in [6.45, 7) is 2.22. The second-order valence-corrected chi connectivity index (χ2v) is 5.53. The quantitative estimate of drug-likeness (QED) is 0.831. The van der Waals surface area contributed by atoms with E-state index in [1.165, 1.54) is 19.3 Å². The highest BCUT2D eigenvalue weighted by Crippen LogP contribution is 2.28. The largest absolute Gasteiger partial charge is 0.495 e. The highest BCUT2D eigenvalue weighted by atomic mass is 16.5. The van der Waals surface area contributed by atoms with E-state index in [2.05, 4.69) is 12.2 Å². The average molecular weight is 276 g/mol. The zero-order chi connectivity index (χ0) is 14.5. The van der Waals surface area contributed by atoms with Crippen molar-refractivity contribution in [1.29, 1.82) is 0 Å². The van der Waals surface area contributed by atoms with Crippen LogP contribution in [0.3, 0.4) is 0 Å². The number of nitrogens with two attached hydrogens (primary N) is 1. The van der Waals surface area contributed by atoms with E-state index < -0.39 is 0 Å². The molecule has 0 bridgehead atoms. The lowest BCUT2D eigenvalue weighted by molar-refractivity contribution is 0.0920. The minimum Gasteiger partial charge on any atom is -0.495 e. The first-order valence-electron chi connectivity index (χ1n) is 7.39. The Morgan fingerprint density at radius 1 is 1.45 bits per heavy atom. The molecule has 1 aromatic rings. The molecule has 2 rings (SSSR count). The van der Waals surface area contributed by atoms with Crippen LogP contribution in [0.25, 0.3) is 0 Å². The molecule has 2 unspecified atom stereocenters. The number of methoxy groups -OCH3 is 1. The van der Waals surface area contributed by atoms with Crippen molar-refractivity contribution < 1.29 is 9.53 Å². The Balaban J connectivity index is 2.05. The second kappa shape index (κ2) is 6.64. The van der Waals surface area contributed by atoms with E-state index in [0.29, 0.717) is 17.0 Å². The van der Waals surface area contributed by atoms with Gasteiger partial charge in [-0.05, 0) is 30.9 Å². The molecular weight excluding hydrogens is 252 g/mol. The maximum atomic E-state index is 12.4. The fraction of sp³-hybridized carbons (Fsp3) is 0.562. The molecule has 0 aliphatic heterocycles. The molecule has 4 heteroatoms. The lowest BCUT2D eigenvalue weighted by Gasteiger charge is -2.29. The highest BCUT2D eigenvalue weighted by molar-refractivity contribution is 6.00.